The molecule has 0 saturated carbocycles. The van der Waals surface area contributed by atoms with Gasteiger partial charge in [0, 0.05) is 31.3 Å². The predicted molar refractivity (Wildman–Crippen MR) is 78.1 cm³/mol. The van der Waals surface area contributed by atoms with E-state index in [1.165, 1.54) is 0 Å². The fourth-order valence-corrected chi connectivity index (χ4v) is 2.03. The Hall–Kier alpha value is -1.62. The summed E-state index contributed by atoms with van der Waals surface area (Å²) in [6.45, 7) is 5.09. The number of hydrogen-bond donors (Lipinski definition) is 2. The first-order valence-corrected chi connectivity index (χ1v) is 6.44. The normalized spacial score (nSPS) is 10.6. The number of nitrogens with zero attached hydrogens (tertiary/aromatic N) is 1. The molecule has 0 aromatic heterocycles. The van der Waals surface area contributed by atoms with Crippen molar-refractivity contribution >= 4 is 11.4 Å². The summed E-state index contributed by atoms with van der Waals surface area (Å²) in [7, 11) is 3.19. The molecule has 0 aliphatic rings. The van der Waals surface area contributed by atoms with Crippen LogP contribution in [0.5, 0.6) is 11.5 Å². The lowest BCUT2D eigenvalue weighted by atomic mass is 10.1. The molecule has 0 aliphatic carbocycles. The topological polar surface area (TPSA) is 68.0 Å². The van der Waals surface area contributed by atoms with Crippen molar-refractivity contribution in [2.24, 2.45) is 0 Å². The maximum atomic E-state index is 8.99. The van der Waals surface area contributed by atoms with E-state index < -0.39 is 0 Å². The third-order valence-electron chi connectivity index (χ3n) is 3.02. The maximum absolute atomic E-state index is 8.99. The summed E-state index contributed by atoms with van der Waals surface area (Å²) in [5.41, 5.74) is 7.64. The maximum Gasteiger partial charge on any atom is 0.162 e. The first kappa shape index (κ1) is 15.4. The molecule has 1 rings (SSSR count). The second-order valence-corrected chi connectivity index (χ2v) is 4.63. The van der Waals surface area contributed by atoms with Crippen molar-refractivity contribution in [2.75, 3.05) is 38.0 Å². The fraction of sp³-hybridized carbons (Fsp3) is 0.571. The number of anilines is 2. The first-order valence-electron chi connectivity index (χ1n) is 6.44. The summed E-state index contributed by atoms with van der Waals surface area (Å²) in [4.78, 5) is 2.15. The number of hydrogen-bond acceptors (Lipinski definition) is 5. The van der Waals surface area contributed by atoms with Crippen molar-refractivity contribution in [3.05, 3.63) is 12.1 Å². The van der Waals surface area contributed by atoms with Crippen molar-refractivity contribution in [2.45, 2.75) is 26.3 Å². The van der Waals surface area contributed by atoms with Crippen LogP contribution >= 0.6 is 0 Å². The second kappa shape index (κ2) is 7.09. The molecule has 108 valence electrons. The minimum absolute atomic E-state index is 0.163. The molecule has 0 spiro atoms. The van der Waals surface area contributed by atoms with Gasteiger partial charge in [-0.05, 0) is 20.3 Å². The molecule has 0 fully saturated rings. The molecule has 0 saturated heterocycles. The third kappa shape index (κ3) is 3.67. The summed E-state index contributed by atoms with van der Waals surface area (Å²) >= 11 is 0. The van der Waals surface area contributed by atoms with Crippen LogP contribution in [0.25, 0.3) is 0 Å². The van der Waals surface area contributed by atoms with Gasteiger partial charge in [0.15, 0.2) is 11.5 Å². The molecule has 1 aromatic rings. The van der Waals surface area contributed by atoms with Crippen molar-refractivity contribution in [1.29, 1.82) is 0 Å². The summed E-state index contributed by atoms with van der Waals surface area (Å²) < 4.78 is 10.5. The van der Waals surface area contributed by atoms with Gasteiger partial charge in [0.2, 0.25) is 0 Å². The number of aliphatic hydroxyl groups excluding tert-OH is 1. The average Bonchev–Trinajstić information content (AvgIpc) is 2.39. The Morgan fingerprint density at radius 3 is 2.26 bits per heavy atom. The lowest BCUT2D eigenvalue weighted by molar-refractivity contribution is 0.288. The van der Waals surface area contributed by atoms with Crippen LogP contribution in [0, 0.1) is 0 Å². The third-order valence-corrected chi connectivity index (χ3v) is 3.02. The van der Waals surface area contributed by atoms with Gasteiger partial charge in [0.25, 0.3) is 0 Å². The van der Waals surface area contributed by atoms with Gasteiger partial charge in [-0.25, -0.2) is 0 Å². The molecule has 0 amide bonds. The molecule has 0 unspecified atom stereocenters. The van der Waals surface area contributed by atoms with Crippen molar-refractivity contribution in [3.8, 4) is 11.5 Å². The van der Waals surface area contributed by atoms with Gasteiger partial charge in [0.05, 0.1) is 25.6 Å². The zero-order chi connectivity index (χ0) is 14.4. The lowest BCUT2D eigenvalue weighted by Crippen LogP contribution is -2.32. The number of methoxy groups -OCH3 is 2. The Balaban J connectivity index is 3.15. The average molecular weight is 268 g/mol. The highest BCUT2D eigenvalue weighted by molar-refractivity contribution is 5.73. The van der Waals surface area contributed by atoms with E-state index in [-0.39, 0.29) is 12.6 Å². The number of nitrogen functional groups attached to an aromatic ring is 1. The Morgan fingerprint density at radius 1 is 1.21 bits per heavy atom. The highest BCUT2D eigenvalue weighted by atomic mass is 16.5. The van der Waals surface area contributed by atoms with Gasteiger partial charge in [-0.2, -0.15) is 0 Å². The van der Waals surface area contributed by atoms with E-state index in [1.807, 2.05) is 6.07 Å². The Morgan fingerprint density at radius 2 is 1.79 bits per heavy atom. The van der Waals surface area contributed by atoms with E-state index in [9.17, 15) is 0 Å². The SMILES string of the molecule is COc1cc(N)c(N(CCCO)C(C)C)cc1OC. The zero-order valence-corrected chi connectivity index (χ0v) is 12.1. The highest BCUT2D eigenvalue weighted by Crippen LogP contribution is 2.37. The molecule has 5 nitrogen and oxygen atoms in total. The summed E-state index contributed by atoms with van der Waals surface area (Å²) in [6.07, 6.45) is 0.700. The van der Waals surface area contributed by atoms with Gasteiger partial charge < -0.3 is 25.2 Å². The molecule has 5 heteroatoms. The second-order valence-electron chi connectivity index (χ2n) is 4.63. The van der Waals surface area contributed by atoms with Gasteiger partial charge in [-0.1, -0.05) is 0 Å². The Kier molecular flexibility index (Phi) is 5.76. The molecule has 0 bridgehead atoms. The van der Waals surface area contributed by atoms with Crippen molar-refractivity contribution < 1.29 is 14.6 Å². The molecule has 0 radical (unpaired) electrons. The van der Waals surface area contributed by atoms with Crippen molar-refractivity contribution in [1.82, 2.24) is 0 Å². The number of aliphatic hydroxyl groups is 1. The number of benzene rings is 1. The van der Waals surface area contributed by atoms with Gasteiger partial charge >= 0.3 is 0 Å². The molecular weight excluding hydrogens is 244 g/mol. The summed E-state index contributed by atoms with van der Waals surface area (Å²) in [5.74, 6) is 1.27. The van der Waals surface area contributed by atoms with Crippen LogP contribution in [0.3, 0.4) is 0 Å². The smallest absolute Gasteiger partial charge is 0.162 e. The van der Waals surface area contributed by atoms with Crippen LogP contribution in [0.2, 0.25) is 0 Å². The monoisotopic (exact) mass is 268 g/mol. The first-order chi connectivity index (χ1) is 9.04. The molecule has 19 heavy (non-hydrogen) atoms. The molecule has 1 aromatic carbocycles. The van der Waals surface area contributed by atoms with E-state index >= 15 is 0 Å². The number of rotatable bonds is 7. The lowest BCUT2D eigenvalue weighted by Gasteiger charge is -2.30. The quantitative estimate of drug-likeness (QED) is 0.739. The Bertz CT molecular complexity index is 408. The molecule has 3 N–H and O–H groups in total. The van der Waals surface area contributed by atoms with Crippen LogP contribution in [0.4, 0.5) is 11.4 Å². The van der Waals surface area contributed by atoms with Gasteiger partial charge in [-0.15, -0.1) is 0 Å². The standard InChI is InChI=1S/C14H24N2O3/c1-10(2)16(6-5-7-17)12-9-14(19-4)13(18-3)8-11(12)15/h8-10,17H,5-7,15H2,1-4H3. The molecule has 0 aliphatic heterocycles. The van der Waals surface area contributed by atoms with E-state index in [0.717, 1.165) is 12.2 Å². The molecule has 0 atom stereocenters. The van der Waals surface area contributed by atoms with Crippen LogP contribution < -0.4 is 20.1 Å². The van der Waals surface area contributed by atoms with Gasteiger partial charge in [0.1, 0.15) is 0 Å². The van der Waals surface area contributed by atoms with E-state index in [0.29, 0.717) is 23.6 Å². The molecule has 0 heterocycles. The van der Waals surface area contributed by atoms with E-state index in [4.69, 9.17) is 20.3 Å². The Labute approximate surface area is 114 Å². The van der Waals surface area contributed by atoms with Crippen LogP contribution in [0.15, 0.2) is 12.1 Å². The van der Waals surface area contributed by atoms with E-state index in [1.54, 1.807) is 20.3 Å². The van der Waals surface area contributed by atoms with Crippen LogP contribution in [-0.4, -0.2) is 38.5 Å². The van der Waals surface area contributed by atoms with Crippen molar-refractivity contribution in [3.63, 3.8) is 0 Å². The predicted octanol–water partition coefficient (Wildman–Crippen LogP) is 1.88. The minimum atomic E-state index is 0.163. The highest BCUT2D eigenvalue weighted by Gasteiger charge is 2.16. The number of nitrogens with two attached hydrogens (primary N) is 1. The fourth-order valence-electron chi connectivity index (χ4n) is 2.03. The van der Waals surface area contributed by atoms with Crippen LogP contribution in [-0.2, 0) is 0 Å². The summed E-state index contributed by atoms with van der Waals surface area (Å²) in [6, 6.07) is 3.93. The largest absolute Gasteiger partial charge is 0.493 e. The number of ether oxygens (including phenoxy) is 2. The minimum Gasteiger partial charge on any atom is -0.493 e. The zero-order valence-electron chi connectivity index (χ0n) is 12.1. The summed E-state index contributed by atoms with van der Waals surface area (Å²) in [5, 5.41) is 8.99. The van der Waals surface area contributed by atoms with Crippen LogP contribution in [0.1, 0.15) is 20.3 Å². The molecular formula is C14H24N2O3. The van der Waals surface area contributed by atoms with Gasteiger partial charge in [-0.3, -0.25) is 0 Å². The van der Waals surface area contributed by atoms with E-state index in [2.05, 4.69) is 18.7 Å².